The van der Waals surface area contributed by atoms with Crippen molar-refractivity contribution in [1.29, 1.82) is 0 Å². The number of ether oxygens (including phenoxy) is 1. The van der Waals surface area contributed by atoms with Crippen molar-refractivity contribution in [3.8, 4) is 5.88 Å². The standard InChI is InChI=1S/C11H9BrFNO/c12-9-2-3-10-8(7-9)1-4-11(14-10)15-6-5-13/h1-4,7H,5-6H2. The van der Waals surface area contributed by atoms with E-state index in [-0.39, 0.29) is 6.61 Å². The molecule has 0 amide bonds. The number of aromatic nitrogens is 1. The monoisotopic (exact) mass is 269 g/mol. The maximum Gasteiger partial charge on any atom is 0.213 e. The van der Waals surface area contributed by atoms with Gasteiger partial charge in [-0.1, -0.05) is 15.9 Å². The van der Waals surface area contributed by atoms with Crippen LogP contribution in [0.4, 0.5) is 4.39 Å². The number of alkyl halides is 1. The molecule has 0 atom stereocenters. The van der Waals surface area contributed by atoms with Crippen LogP contribution in [0.25, 0.3) is 10.9 Å². The second-order valence-corrected chi connectivity index (χ2v) is 3.94. The zero-order valence-electron chi connectivity index (χ0n) is 7.91. The molecule has 15 heavy (non-hydrogen) atoms. The maximum atomic E-state index is 11.9. The molecule has 1 heterocycles. The molecule has 0 spiro atoms. The summed E-state index contributed by atoms with van der Waals surface area (Å²) in [6.45, 7) is -0.449. The van der Waals surface area contributed by atoms with Crippen molar-refractivity contribution in [3.63, 3.8) is 0 Å². The number of benzene rings is 1. The molecule has 0 unspecified atom stereocenters. The van der Waals surface area contributed by atoms with Gasteiger partial charge in [0.1, 0.15) is 13.3 Å². The Hall–Kier alpha value is -1.16. The van der Waals surface area contributed by atoms with Crippen LogP contribution in [0.15, 0.2) is 34.8 Å². The normalized spacial score (nSPS) is 10.5. The predicted octanol–water partition coefficient (Wildman–Crippen LogP) is 3.35. The second-order valence-electron chi connectivity index (χ2n) is 3.02. The fourth-order valence-electron chi connectivity index (χ4n) is 1.30. The molecule has 2 nitrogen and oxygen atoms in total. The van der Waals surface area contributed by atoms with E-state index < -0.39 is 6.67 Å². The lowest BCUT2D eigenvalue weighted by molar-refractivity contribution is 0.265. The third-order valence-electron chi connectivity index (χ3n) is 1.95. The van der Waals surface area contributed by atoms with E-state index in [1.807, 2.05) is 24.3 Å². The first-order valence-corrected chi connectivity index (χ1v) is 5.34. The van der Waals surface area contributed by atoms with Crippen LogP contribution in [0.5, 0.6) is 5.88 Å². The van der Waals surface area contributed by atoms with Gasteiger partial charge in [0.15, 0.2) is 0 Å². The Balaban J connectivity index is 2.34. The summed E-state index contributed by atoms with van der Waals surface area (Å²) in [4.78, 5) is 4.24. The van der Waals surface area contributed by atoms with Crippen molar-refractivity contribution in [1.82, 2.24) is 4.98 Å². The molecular formula is C11H9BrFNO. The first kappa shape index (κ1) is 10.4. The Morgan fingerprint density at radius 3 is 2.93 bits per heavy atom. The smallest absolute Gasteiger partial charge is 0.213 e. The van der Waals surface area contributed by atoms with E-state index in [1.165, 1.54) is 0 Å². The number of fused-ring (bicyclic) bond motifs is 1. The number of pyridine rings is 1. The highest BCUT2D eigenvalue weighted by Crippen LogP contribution is 2.20. The van der Waals surface area contributed by atoms with Crippen LogP contribution >= 0.6 is 15.9 Å². The van der Waals surface area contributed by atoms with Gasteiger partial charge in [-0.05, 0) is 24.3 Å². The third kappa shape index (κ3) is 2.45. The Labute approximate surface area is 95.2 Å². The molecule has 0 N–H and O–H groups in total. The van der Waals surface area contributed by atoms with Crippen LogP contribution in [-0.4, -0.2) is 18.3 Å². The van der Waals surface area contributed by atoms with Gasteiger partial charge in [0.25, 0.3) is 0 Å². The van der Waals surface area contributed by atoms with Crippen LogP contribution in [0, 0.1) is 0 Å². The summed E-state index contributed by atoms with van der Waals surface area (Å²) < 4.78 is 18.0. The van der Waals surface area contributed by atoms with Gasteiger partial charge >= 0.3 is 0 Å². The van der Waals surface area contributed by atoms with Crippen LogP contribution in [0.2, 0.25) is 0 Å². The predicted molar refractivity (Wildman–Crippen MR) is 60.9 cm³/mol. The van der Waals surface area contributed by atoms with Gasteiger partial charge in [0.05, 0.1) is 5.52 Å². The molecule has 0 saturated carbocycles. The van der Waals surface area contributed by atoms with Gasteiger partial charge < -0.3 is 4.74 Å². The summed E-state index contributed by atoms with van der Waals surface area (Å²) >= 11 is 3.38. The zero-order valence-corrected chi connectivity index (χ0v) is 9.50. The summed E-state index contributed by atoms with van der Waals surface area (Å²) in [6, 6.07) is 9.42. The van der Waals surface area contributed by atoms with E-state index in [4.69, 9.17) is 4.74 Å². The first-order valence-electron chi connectivity index (χ1n) is 4.54. The van der Waals surface area contributed by atoms with E-state index in [0.717, 1.165) is 15.4 Å². The first-order chi connectivity index (χ1) is 7.29. The highest BCUT2D eigenvalue weighted by molar-refractivity contribution is 9.10. The average molecular weight is 270 g/mol. The lowest BCUT2D eigenvalue weighted by Gasteiger charge is -2.04. The molecule has 0 aliphatic heterocycles. The van der Waals surface area contributed by atoms with Gasteiger partial charge in [-0.2, -0.15) is 0 Å². The molecule has 1 aromatic heterocycles. The number of rotatable bonds is 3. The lowest BCUT2D eigenvalue weighted by Crippen LogP contribution is -2.00. The van der Waals surface area contributed by atoms with Crippen LogP contribution in [-0.2, 0) is 0 Å². The van der Waals surface area contributed by atoms with Crippen molar-refractivity contribution < 1.29 is 9.13 Å². The van der Waals surface area contributed by atoms with Crippen LogP contribution < -0.4 is 4.74 Å². The van der Waals surface area contributed by atoms with Crippen LogP contribution in [0.1, 0.15) is 0 Å². The highest BCUT2D eigenvalue weighted by Gasteiger charge is 1.99. The quantitative estimate of drug-likeness (QED) is 0.853. The molecule has 1 aromatic carbocycles. The molecule has 0 aliphatic rings. The van der Waals surface area contributed by atoms with Gasteiger partial charge in [-0.3, -0.25) is 0 Å². The van der Waals surface area contributed by atoms with E-state index in [2.05, 4.69) is 20.9 Å². The SMILES string of the molecule is FCCOc1ccc2cc(Br)ccc2n1. The number of hydrogen-bond acceptors (Lipinski definition) is 2. The molecule has 0 bridgehead atoms. The molecule has 78 valence electrons. The Morgan fingerprint density at radius 1 is 1.27 bits per heavy atom. The minimum atomic E-state index is -0.500. The zero-order chi connectivity index (χ0) is 10.7. The fourth-order valence-corrected chi connectivity index (χ4v) is 1.68. The molecule has 2 aromatic rings. The van der Waals surface area contributed by atoms with Gasteiger partial charge in [-0.25, -0.2) is 9.37 Å². The number of nitrogens with zero attached hydrogens (tertiary/aromatic N) is 1. The Bertz CT molecular complexity index is 475. The Kier molecular flexibility index (Phi) is 3.16. The summed E-state index contributed by atoms with van der Waals surface area (Å²) in [5.74, 6) is 0.461. The average Bonchev–Trinajstić information content (AvgIpc) is 2.26. The van der Waals surface area contributed by atoms with Crippen molar-refractivity contribution in [3.05, 3.63) is 34.8 Å². The molecular weight excluding hydrogens is 261 g/mol. The van der Waals surface area contributed by atoms with E-state index >= 15 is 0 Å². The second kappa shape index (κ2) is 4.57. The minimum absolute atomic E-state index is 0.0506. The van der Waals surface area contributed by atoms with Gasteiger partial charge in [-0.15, -0.1) is 0 Å². The van der Waals surface area contributed by atoms with Crippen molar-refractivity contribution in [2.24, 2.45) is 0 Å². The van der Waals surface area contributed by atoms with E-state index in [1.54, 1.807) is 6.07 Å². The van der Waals surface area contributed by atoms with Crippen LogP contribution in [0.3, 0.4) is 0 Å². The van der Waals surface area contributed by atoms with E-state index in [0.29, 0.717) is 5.88 Å². The van der Waals surface area contributed by atoms with Crippen molar-refractivity contribution >= 4 is 26.8 Å². The molecule has 0 aliphatic carbocycles. The summed E-state index contributed by atoms with van der Waals surface area (Å²) in [6.07, 6.45) is 0. The molecule has 4 heteroatoms. The fraction of sp³-hybridized carbons (Fsp3) is 0.182. The minimum Gasteiger partial charge on any atom is -0.475 e. The third-order valence-corrected chi connectivity index (χ3v) is 2.45. The maximum absolute atomic E-state index is 11.9. The van der Waals surface area contributed by atoms with Gasteiger partial charge in [0, 0.05) is 15.9 Å². The topological polar surface area (TPSA) is 22.1 Å². The Morgan fingerprint density at radius 2 is 2.13 bits per heavy atom. The molecule has 0 saturated heterocycles. The lowest BCUT2D eigenvalue weighted by atomic mass is 10.2. The number of hydrogen-bond donors (Lipinski definition) is 0. The number of halogens is 2. The summed E-state index contributed by atoms with van der Waals surface area (Å²) in [5.41, 5.74) is 0.842. The molecule has 0 fully saturated rings. The largest absolute Gasteiger partial charge is 0.475 e. The van der Waals surface area contributed by atoms with Gasteiger partial charge in [0.2, 0.25) is 5.88 Å². The highest BCUT2D eigenvalue weighted by atomic mass is 79.9. The van der Waals surface area contributed by atoms with Crippen molar-refractivity contribution in [2.75, 3.05) is 13.3 Å². The van der Waals surface area contributed by atoms with Crippen molar-refractivity contribution in [2.45, 2.75) is 0 Å². The molecule has 2 rings (SSSR count). The summed E-state index contributed by atoms with van der Waals surface area (Å²) in [7, 11) is 0. The van der Waals surface area contributed by atoms with E-state index in [9.17, 15) is 4.39 Å². The molecule has 0 radical (unpaired) electrons. The summed E-state index contributed by atoms with van der Waals surface area (Å²) in [5, 5.41) is 1.02.